The lowest BCUT2D eigenvalue weighted by molar-refractivity contribution is 0.660. The highest BCUT2D eigenvalue weighted by atomic mass is 16.3. The van der Waals surface area contributed by atoms with Crippen LogP contribution in [0.4, 0.5) is 17.1 Å². The van der Waals surface area contributed by atoms with Gasteiger partial charge in [0.25, 0.3) is 0 Å². The summed E-state index contributed by atoms with van der Waals surface area (Å²) in [4.78, 5) is 2.37. The summed E-state index contributed by atoms with van der Waals surface area (Å²) in [6.45, 7) is 4.70. The Bertz CT molecular complexity index is 3160. The van der Waals surface area contributed by atoms with Gasteiger partial charge in [0, 0.05) is 38.7 Å². The van der Waals surface area contributed by atoms with E-state index in [9.17, 15) is 0 Å². The van der Waals surface area contributed by atoms with E-state index in [0.717, 1.165) is 50.1 Å². The zero-order valence-corrected chi connectivity index (χ0v) is 33.1. The molecule has 280 valence electrons. The number of para-hydroxylation sites is 2. The normalized spacial score (nSPS) is 12.7. The molecule has 0 saturated heterocycles. The van der Waals surface area contributed by atoms with Crippen molar-refractivity contribution in [3.05, 3.63) is 223 Å². The molecule has 0 unspecified atom stereocenters. The highest BCUT2D eigenvalue weighted by molar-refractivity contribution is 6.11. The van der Waals surface area contributed by atoms with Crippen LogP contribution in [0, 0.1) is 0 Å². The van der Waals surface area contributed by atoms with Crippen LogP contribution in [0.3, 0.4) is 0 Å². The Morgan fingerprint density at radius 3 is 1.64 bits per heavy atom. The van der Waals surface area contributed by atoms with E-state index in [4.69, 9.17) is 4.42 Å². The number of fused-ring (bicyclic) bond motifs is 6. The fourth-order valence-electron chi connectivity index (χ4n) is 9.27. The van der Waals surface area contributed by atoms with Gasteiger partial charge in [0.2, 0.25) is 0 Å². The lowest BCUT2D eigenvalue weighted by Gasteiger charge is -2.28. The van der Waals surface area contributed by atoms with Crippen LogP contribution in [0.1, 0.15) is 25.0 Å². The van der Waals surface area contributed by atoms with Gasteiger partial charge in [-0.25, -0.2) is 0 Å². The van der Waals surface area contributed by atoms with Crippen molar-refractivity contribution in [3.63, 3.8) is 0 Å². The van der Waals surface area contributed by atoms with Gasteiger partial charge in [-0.3, -0.25) is 0 Å². The van der Waals surface area contributed by atoms with Crippen molar-refractivity contribution in [3.8, 4) is 55.6 Å². The first-order valence-electron chi connectivity index (χ1n) is 20.4. The maximum absolute atomic E-state index is 6.70. The third-order valence-electron chi connectivity index (χ3n) is 12.3. The van der Waals surface area contributed by atoms with Gasteiger partial charge in [-0.1, -0.05) is 172 Å². The van der Waals surface area contributed by atoms with Crippen molar-refractivity contribution in [2.24, 2.45) is 0 Å². The molecule has 0 saturated carbocycles. The molecule has 0 radical (unpaired) electrons. The topological polar surface area (TPSA) is 16.4 Å². The molecule has 0 spiro atoms. The van der Waals surface area contributed by atoms with Gasteiger partial charge in [0.1, 0.15) is 11.2 Å². The van der Waals surface area contributed by atoms with Crippen LogP contribution in [0.5, 0.6) is 0 Å². The fourth-order valence-corrected chi connectivity index (χ4v) is 9.27. The highest BCUT2D eigenvalue weighted by Crippen LogP contribution is 2.50. The van der Waals surface area contributed by atoms with Crippen molar-refractivity contribution in [2.45, 2.75) is 19.3 Å². The van der Waals surface area contributed by atoms with E-state index in [0.29, 0.717) is 0 Å². The average Bonchev–Trinajstić information content (AvgIpc) is 3.79. The molecule has 0 aliphatic heterocycles. The van der Waals surface area contributed by atoms with Crippen LogP contribution >= 0.6 is 0 Å². The van der Waals surface area contributed by atoms with E-state index in [1.54, 1.807) is 0 Å². The molecule has 1 aromatic heterocycles. The summed E-state index contributed by atoms with van der Waals surface area (Å²) in [6, 6.07) is 76.7. The predicted octanol–water partition coefficient (Wildman–Crippen LogP) is 16.0. The first-order chi connectivity index (χ1) is 29.0. The summed E-state index contributed by atoms with van der Waals surface area (Å²) in [6.07, 6.45) is 0. The molecule has 9 aromatic carbocycles. The zero-order valence-electron chi connectivity index (χ0n) is 33.1. The average molecular weight is 756 g/mol. The summed E-state index contributed by atoms with van der Waals surface area (Å²) in [5.74, 6) is 0. The predicted molar refractivity (Wildman–Crippen MR) is 248 cm³/mol. The summed E-state index contributed by atoms with van der Waals surface area (Å²) in [5, 5.41) is 2.25. The van der Waals surface area contributed by atoms with Crippen LogP contribution in [0.25, 0.3) is 77.6 Å². The van der Waals surface area contributed by atoms with Gasteiger partial charge >= 0.3 is 0 Å². The standard InChI is InChI=1S/C57H41NO/c1-57(2)52-22-12-9-20-47(52)48-34-29-42(37-53(48)57)43-35-50(56-51(36-43)49-21-11-14-24-55(49)59-56)41-27-32-45(33-28-41)58(44-30-25-39(26-31-44)38-15-5-3-6-16-38)54-23-13-10-19-46(54)40-17-7-4-8-18-40/h3-37H,1-2H3. The number of rotatable bonds is 7. The molecular formula is C57H41NO. The van der Waals surface area contributed by atoms with E-state index in [1.165, 1.54) is 55.6 Å². The Hall–Kier alpha value is -7.42. The molecule has 0 bridgehead atoms. The lowest BCUT2D eigenvalue weighted by Crippen LogP contribution is -2.14. The smallest absolute Gasteiger partial charge is 0.143 e. The second-order valence-electron chi connectivity index (χ2n) is 16.1. The molecule has 0 amide bonds. The number of hydrogen-bond acceptors (Lipinski definition) is 2. The molecule has 59 heavy (non-hydrogen) atoms. The Labute approximate surface area is 345 Å². The maximum atomic E-state index is 6.70. The van der Waals surface area contributed by atoms with Crippen LogP contribution in [0.15, 0.2) is 217 Å². The van der Waals surface area contributed by atoms with E-state index in [-0.39, 0.29) is 5.41 Å². The lowest BCUT2D eigenvalue weighted by atomic mass is 9.81. The molecule has 1 heterocycles. The van der Waals surface area contributed by atoms with Crippen LogP contribution in [-0.4, -0.2) is 0 Å². The van der Waals surface area contributed by atoms with Crippen LogP contribution in [0.2, 0.25) is 0 Å². The van der Waals surface area contributed by atoms with Gasteiger partial charge in [-0.2, -0.15) is 0 Å². The van der Waals surface area contributed by atoms with E-state index >= 15 is 0 Å². The third-order valence-corrected chi connectivity index (χ3v) is 12.3. The van der Waals surface area contributed by atoms with Crippen molar-refractivity contribution in [2.75, 3.05) is 4.90 Å². The molecule has 0 fully saturated rings. The van der Waals surface area contributed by atoms with Gasteiger partial charge in [0.05, 0.1) is 5.69 Å². The zero-order chi connectivity index (χ0) is 39.5. The van der Waals surface area contributed by atoms with E-state index < -0.39 is 0 Å². The molecule has 0 N–H and O–H groups in total. The molecule has 1 aliphatic rings. The summed E-state index contributed by atoms with van der Waals surface area (Å²) >= 11 is 0. The van der Waals surface area contributed by atoms with Gasteiger partial charge in [0.15, 0.2) is 0 Å². The Balaban J connectivity index is 1.05. The minimum Gasteiger partial charge on any atom is -0.455 e. The van der Waals surface area contributed by atoms with Crippen molar-refractivity contribution in [1.29, 1.82) is 0 Å². The van der Waals surface area contributed by atoms with Crippen LogP contribution in [-0.2, 0) is 5.41 Å². The maximum Gasteiger partial charge on any atom is 0.143 e. The van der Waals surface area contributed by atoms with Crippen molar-refractivity contribution >= 4 is 39.0 Å². The largest absolute Gasteiger partial charge is 0.455 e. The quantitative estimate of drug-likeness (QED) is 0.161. The Morgan fingerprint density at radius 1 is 0.356 bits per heavy atom. The Morgan fingerprint density at radius 2 is 0.898 bits per heavy atom. The molecule has 2 heteroatoms. The first kappa shape index (κ1) is 34.8. The minimum atomic E-state index is -0.0834. The summed E-state index contributed by atoms with van der Waals surface area (Å²) in [7, 11) is 0. The molecule has 11 rings (SSSR count). The van der Waals surface area contributed by atoms with Crippen molar-refractivity contribution in [1.82, 2.24) is 0 Å². The monoisotopic (exact) mass is 755 g/mol. The van der Waals surface area contributed by atoms with Gasteiger partial charge < -0.3 is 9.32 Å². The second-order valence-corrected chi connectivity index (χ2v) is 16.1. The number of hydrogen-bond donors (Lipinski definition) is 0. The molecule has 2 nitrogen and oxygen atoms in total. The van der Waals surface area contributed by atoms with Crippen LogP contribution < -0.4 is 4.90 Å². The second kappa shape index (κ2) is 13.9. The summed E-state index contributed by atoms with van der Waals surface area (Å²) in [5.41, 5.74) is 19.7. The molecule has 1 aliphatic carbocycles. The van der Waals surface area contributed by atoms with Gasteiger partial charge in [-0.15, -0.1) is 0 Å². The fraction of sp³-hybridized carbons (Fsp3) is 0.0526. The minimum absolute atomic E-state index is 0.0834. The SMILES string of the molecule is CC1(C)c2ccccc2-c2ccc(-c3cc(-c4ccc(N(c5ccc(-c6ccccc6)cc5)c5ccccc5-c5ccccc5)cc4)c4oc5ccccc5c4c3)cc21. The van der Waals surface area contributed by atoms with E-state index in [2.05, 4.69) is 231 Å². The summed E-state index contributed by atoms with van der Waals surface area (Å²) < 4.78 is 6.70. The number of furan rings is 1. The first-order valence-corrected chi connectivity index (χ1v) is 20.4. The molecule has 0 atom stereocenters. The van der Waals surface area contributed by atoms with Crippen molar-refractivity contribution < 1.29 is 4.42 Å². The number of benzene rings is 9. The third kappa shape index (κ3) is 5.87. The van der Waals surface area contributed by atoms with E-state index in [1.807, 2.05) is 0 Å². The molecule has 10 aromatic rings. The Kier molecular flexibility index (Phi) is 8.20. The number of nitrogens with zero attached hydrogens (tertiary/aromatic N) is 1. The van der Waals surface area contributed by atoms with Gasteiger partial charge in [-0.05, 0) is 110 Å². The highest BCUT2D eigenvalue weighted by Gasteiger charge is 2.35. The number of anilines is 3. The molecular weight excluding hydrogens is 715 g/mol.